The van der Waals surface area contributed by atoms with Gasteiger partial charge in [0.1, 0.15) is 5.75 Å². The molecule has 0 bridgehead atoms. The lowest BCUT2D eigenvalue weighted by Gasteiger charge is -2.29. The van der Waals surface area contributed by atoms with E-state index in [-0.39, 0.29) is 10.8 Å². The highest BCUT2D eigenvalue weighted by Gasteiger charge is 2.26. The van der Waals surface area contributed by atoms with Crippen LogP contribution in [0.4, 0.5) is 0 Å². The second-order valence-electron chi connectivity index (χ2n) is 11.2. The summed E-state index contributed by atoms with van der Waals surface area (Å²) in [5.41, 5.74) is 2.74. The van der Waals surface area contributed by atoms with Gasteiger partial charge in [0, 0.05) is 11.1 Å². The van der Waals surface area contributed by atoms with E-state index in [1.165, 1.54) is 37.6 Å². The number of benzene rings is 4. The maximum absolute atomic E-state index is 5.68. The summed E-state index contributed by atoms with van der Waals surface area (Å²) in [6, 6.07) is 34.6. The molecule has 0 spiro atoms. The molecular weight excluding hydrogens is 505 g/mol. The quantitative estimate of drug-likeness (QED) is 0.258. The average molecular weight is 547 g/mol. The van der Waals surface area contributed by atoms with Gasteiger partial charge in [0.25, 0.3) is 0 Å². The summed E-state index contributed by atoms with van der Waals surface area (Å²) in [6.45, 7) is 13.3. The number of ether oxygens (including phenoxy) is 1. The second kappa shape index (κ2) is 12.7. The largest absolute Gasteiger partial charge is 0.496 e. The first-order chi connectivity index (χ1) is 17.4. The molecule has 0 saturated heterocycles. The molecule has 4 aromatic rings. The molecule has 0 aliphatic rings. The lowest BCUT2D eigenvalue weighted by Crippen LogP contribution is -2.27. The summed E-state index contributed by atoms with van der Waals surface area (Å²) in [5.74, 6) is 1.04. The summed E-state index contributed by atoms with van der Waals surface area (Å²) < 4.78 is 5.68. The van der Waals surface area contributed by atoms with Crippen LogP contribution < -0.4 is 31.3 Å². The van der Waals surface area contributed by atoms with Gasteiger partial charge in [0.05, 0.1) is 7.11 Å². The van der Waals surface area contributed by atoms with Crippen molar-refractivity contribution in [3.63, 3.8) is 0 Å². The number of hydrogen-bond donors (Lipinski definition) is 0. The molecule has 0 N–H and O–H groups in total. The molecule has 4 rings (SSSR count). The zero-order valence-corrected chi connectivity index (χ0v) is 26.5. The Hall–Kier alpha value is -2.03. The zero-order chi connectivity index (χ0) is 27.2. The minimum atomic E-state index is -0.488. The van der Waals surface area contributed by atoms with Crippen molar-refractivity contribution in [1.29, 1.82) is 0 Å². The van der Waals surface area contributed by atoms with Crippen molar-refractivity contribution in [2.75, 3.05) is 7.11 Å². The van der Waals surface area contributed by atoms with Crippen LogP contribution in [0.15, 0.2) is 97.1 Å². The second-order valence-corrected chi connectivity index (χ2v) is 14.7. The van der Waals surface area contributed by atoms with E-state index < -0.39 is 7.92 Å². The Balaban J connectivity index is 0.000000209. The van der Waals surface area contributed by atoms with Crippen LogP contribution in [0.2, 0.25) is 0 Å². The molecule has 0 saturated carbocycles. The first-order valence-electron chi connectivity index (χ1n) is 12.7. The van der Waals surface area contributed by atoms with Crippen molar-refractivity contribution < 1.29 is 4.74 Å². The van der Waals surface area contributed by atoms with E-state index >= 15 is 0 Å². The van der Waals surface area contributed by atoms with Gasteiger partial charge in [-0.2, -0.15) is 0 Å². The Bertz CT molecular complexity index is 1210. The van der Waals surface area contributed by atoms with Gasteiger partial charge in [-0.1, -0.05) is 126 Å². The Morgan fingerprint density at radius 2 is 1.00 bits per heavy atom. The van der Waals surface area contributed by atoms with Gasteiger partial charge in [-0.15, -0.1) is 18.5 Å². The predicted octanol–water partition coefficient (Wildman–Crippen LogP) is 6.74. The smallest absolute Gasteiger partial charge is 0.126 e. The summed E-state index contributed by atoms with van der Waals surface area (Å²) in [4.78, 5) is 0. The molecule has 0 fully saturated rings. The van der Waals surface area contributed by atoms with Crippen LogP contribution in [0.1, 0.15) is 52.7 Å². The molecule has 37 heavy (non-hydrogen) atoms. The fourth-order valence-electron chi connectivity index (χ4n) is 4.26. The number of hydrogen-bond acceptors (Lipinski definition) is 1. The van der Waals surface area contributed by atoms with E-state index in [1.54, 1.807) is 7.11 Å². The Labute approximate surface area is 230 Å². The molecule has 4 heteroatoms. The number of methoxy groups -OCH3 is 1. The van der Waals surface area contributed by atoms with Crippen LogP contribution in [0.3, 0.4) is 0 Å². The maximum Gasteiger partial charge on any atom is 0.126 e. The first-order valence-corrected chi connectivity index (χ1v) is 15.2. The van der Waals surface area contributed by atoms with Crippen LogP contribution in [-0.4, -0.2) is 7.11 Å². The van der Waals surface area contributed by atoms with Crippen molar-refractivity contribution in [2.45, 2.75) is 52.4 Å². The van der Waals surface area contributed by atoms with Crippen molar-refractivity contribution in [1.82, 2.24) is 0 Å². The van der Waals surface area contributed by atoms with Crippen molar-refractivity contribution >= 4 is 52.9 Å². The lowest BCUT2D eigenvalue weighted by molar-refractivity contribution is 0.382. The molecular formula is C33H41OP3. The molecule has 2 atom stereocenters. The van der Waals surface area contributed by atoms with Crippen LogP contribution in [0.25, 0.3) is 0 Å². The van der Waals surface area contributed by atoms with E-state index in [1.807, 2.05) is 0 Å². The Morgan fingerprint density at radius 1 is 0.595 bits per heavy atom. The van der Waals surface area contributed by atoms with Gasteiger partial charge in [-0.25, -0.2) is 0 Å². The fraction of sp³-hybridized carbons (Fsp3) is 0.273. The van der Waals surface area contributed by atoms with E-state index in [4.69, 9.17) is 4.74 Å². The van der Waals surface area contributed by atoms with Crippen LogP contribution in [-0.2, 0) is 10.8 Å². The minimum Gasteiger partial charge on any atom is -0.496 e. The van der Waals surface area contributed by atoms with Crippen LogP contribution in [0.5, 0.6) is 5.75 Å². The summed E-state index contributed by atoms with van der Waals surface area (Å²) in [5, 5.41) is 6.70. The molecule has 4 aromatic carbocycles. The van der Waals surface area contributed by atoms with Gasteiger partial charge < -0.3 is 4.74 Å². The third-order valence-electron chi connectivity index (χ3n) is 6.14. The summed E-state index contributed by atoms with van der Waals surface area (Å²) in [7, 11) is 6.95. The molecule has 0 radical (unpaired) electrons. The van der Waals surface area contributed by atoms with Gasteiger partial charge in [0.2, 0.25) is 0 Å². The third kappa shape index (κ3) is 7.74. The third-order valence-corrected chi connectivity index (χ3v) is 9.74. The molecule has 0 aliphatic heterocycles. The Kier molecular flexibility index (Phi) is 10.1. The standard InChI is InChI=1S/C18H16P2.C15H25OP/c19-17-13-7-8-14-18(17)20(15-9-3-1-4-10-15)16-11-5-2-6-12-16;1-14(2,3)11-8-10(17)9-12(13(11)16-7)15(4,5)6/h1-14H,19H2;8-9H,17H2,1-7H3. The molecule has 0 amide bonds. The Morgan fingerprint density at radius 3 is 1.38 bits per heavy atom. The van der Waals surface area contributed by atoms with Crippen molar-refractivity contribution in [3.05, 3.63) is 108 Å². The molecule has 0 aromatic heterocycles. The molecule has 1 nitrogen and oxygen atoms in total. The minimum absolute atomic E-state index is 0.0952. The fourth-order valence-corrected chi connectivity index (χ4v) is 7.55. The molecule has 194 valence electrons. The van der Waals surface area contributed by atoms with Gasteiger partial charge in [0.15, 0.2) is 0 Å². The molecule has 0 heterocycles. The summed E-state index contributed by atoms with van der Waals surface area (Å²) in [6.07, 6.45) is 0. The highest BCUT2D eigenvalue weighted by atomic mass is 31.1. The van der Waals surface area contributed by atoms with Crippen molar-refractivity contribution in [2.24, 2.45) is 0 Å². The van der Waals surface area contributed by atoms with Gasteiger partial charge >= 0.3 is 0 Å². The maximum atomic E-state index is 5.68. The lowest BCUT2D eigenvalue weighted by atomic mass is 9.79. The average Bonchev–Trinajstić information content (AvgIpc) is 2.85. The normalized spacial score (nSPS) is 11.6. The van der Waals surface area contributed by atoms with Crippen LogP contribution in [0, 0.1) is 0 Å². The zero-order valence-electron chi connectivity index (χ0n) is 23.2. The van der Waals surface area contributed by atoms with E-state index in [0.29, 0.717) is 0 Å². The topological polar surface area (TPSA) is 9.23 Å². The highest BCUT2D eigenvalue weighted by molar-refractivity contribution is 7.80. The monoisotopic (exact) mass is 546 g/mol. The summed E-state index contributed by atoms with van der Waals surface area (Å²) >= 11 is 0. The highest BCUT2D eigenvalue weighted by Crippen LogP contribution is 2.39. The van der Waals surface area contributed by atoms with Gasteiger partial charge in [-0.05, 0) is 57.4 Å². The van der Waals surface area contributed by atoms with E-state index in [2.05, 4.69) is 157 Å². The molecule has 2 unspecified atom stereocenters. The van der Waals surface area contributed by atoms with E-state index in [9.17, 15) is 0 Å². The number of rotatable bonds is 4. The molecule has 0 aliphatic carbocycles. The SMILES string of the molecule is COc1c(C(C)(C)C)cc(P)cc1C(C)(C)C.Pc1ccccc1P(c1ccccc1)c1ccccc1. The van der Waals surface area contributed by atoms with Gasteiger partial charge in [-0.3, -0.25) is 0 Å². The van der Waals surface area contributed by atoms with E-state index in [0.717, 1.165) is 5.75 Å². The van der Waals surface area contributed by atoms with Crippen molar-refractivity contribution in [3.8, 4) is 5.75 Å². The first kappa shape index (κ1) is 29.5. The van der Waals surface area contributed by atoms with Crippen LogP contribution >= 0.6 is 26.4 Å². The predicted molar refractivity (Wildman–Crippen MR) is 174 cm³/mol.